The highest BCUT2D eigenvalue weighted by atomic mass is 35.5. The van der Waals surface area contributed by atoms with Gasteiger partial charge in [-0.2, -0.15) is 8.42 Å². The standard InChI is InChI=1S/C16H15N3O5S3.ClH/c1-2-6-18-10-13-7-11-8-15(26(17,21)22)25-16(11)27(23,24)19(13)12-4-3-5-14(20)9-12;/h1,3-5,7-9,18,20H,6,10H2,(H2,17,21,22);1H. The summed E-state index contributed by atoms with van der Waals surface area (Å²) in [4.78, 5) is 0. The summed E-state index contributed by atoms with van der Waals surface area (Å²) in [6.45, 7) is 0.323. The maximum atomic E-state index is 13.2. The summed E-state index contributed by atoms with van der Waals surface area (Å²) in [5.41, 5.74) is 0.764. The number of nitrogens with zero attached hydrogens (tertiary/aromatic N) is 1. The molecule has 0 unspecified atom stereocenters. The lowest BCUT2D eigenvalue weighted by Gasteiger charge is -2.30. The van der Waals surface area contributed by atoms with Crippen molar-refractivity contribution in [2.45, 2.75) is 8.42 Å². The Morgan fingerprint density at radius 1 is 1.32 bits per heavy atom. The molecular formula is C16H16ClN3O5S3. The molecule has 0 saturated carbocycles. The summed E-state index contributed by atoms with van der Waals surface area (Å²) in [7, 11) is -8.17. The number of fused-ring (bicyclic) bond motifs is 1. The third kappa shape index (κ3) is 4.17. The second kappa shape index (κ2) is 8.12. The van der Waals surface area contributed by atoms with Gasteiger partial charge >= 0.3 is 0 Å². The largest absolute Gasteiger partial charge is 0.508 e. The van der Waals surface area contributed by atoms with Crippen molar-refractivity contribution >= 4 is 55.6 Å². The van der Waals surface area contributed by atoms with E-state index in [1.807, 2.05) is 0 Å². The molecule has 1 aromatic carbocycles. The van der Waals surface area contributed by atoms with Crippen LogP contribution in [0.1, 0.15) is 5.56 Å². The molecule has 3 rings (SSSR count). The number of primary sulfonamides is 1. The van der Waals surface area contributed by atoms with Crippen molar-refractivity contribution in [3.8, 4) is 18.1 Å². The van der Waals surface area contributed by atoms with E-state index in [9.17, 15) is 21.9 Å². The summed E-state index contributed by atoms with van der Waals surface area (Å²) in [6, 6.07) is 6.97. The third-order valence-corrected chi connectivity index (χ3v) is 8.52. The number of hydrogen-bond acceptors (Lipinski definition) is 7. The van der Waals surface area contributed by atoms with Gasteiger partial charge in [-0.25, -0.2) is 17.9 Å². The molecule has 0 bridgehead atoms. The topological polar surface area (TPSA) is 130 Å². The van der Waals surface area contributed by atoms with Crippen LogP contribution in [-0.4, -0.2) is 35.0 Å². The second-order valence-electron chi connectivity index (χ2n) is 5.59. The summed E-state index contributed by atoms with van der Waals surface area (Å²) in [5.74, 6) is 2.28. The summed E-state index contributed by atoms with van der Waals surface area (Å²) in [6.07, 6.45) is 6.77. The minimum atomic E-state index is -4.12. The molecule has 8 nitrogen and oxygen atoms in total. The van der Waals surface area contributed by atoms with Gasteiger partial charge in [0, 0.05) is 23.9 Å². The van der Waals surface area contributed by atoms with E-state index in [1.54, 1.807) is 6.08 Å². The highest BCUT2D eigenvalue weighted by Gasteiger charge is 2.37. The van der Waals surface area contributed by atoms with E-state index in [1.165, 1.54) is 30.3 Å². The van der Waals surface area contributed by atoms with Crippen LogP contribution in [0.25, 0.3) is 6.08 Å². The molecule has 0 atom stereocenters. The van der Waals surface area contributed by atoms with Crippen LogP contribution in [0.15, 0.2) is 44.4 Å². The van der Waals surface area contributed by atoms with Gasteiger partial charge in [-0.15, -0.1) is 30.2 Å². The monoisotopic (exact) mass is 461 g/mol. The third-order valence-electron chi connectivity index (χ3n) is 3.64. The Morgan fingerprint density at radius 2 is 2.04 bits per heavy atom. The van der Waals surface area contributed by atoms with Crippen molar-refractivity contribution in [2.75, 3.05) is 17.4 Å². The number of terminal acetylenes is 1. The van der Waals surface area contributed by atoms with E-state index in [4.69, 9.17) is 11.6 Å². The van der Waals surface area contributed by atoms with E-state index in [2.05, 4.69) is 11.2 Å². The van der Waals surface area contributed by atoms with E-state index in [0.29, 0.717) is 17.0 Å². The minimum Gasteiger partial charge on any atom is -0.508 e. The zero-order chi connectivity index (χ0) is 19.8. The van der Waals surface area contributed by atoms with Crippen molar-refractivity contribution in [1.82, 2.24) is 5.32 Å². The highest BCUT2D eigenvalue weighted by molar-refractivity contribution is 7.96. The number of phenols is 1. The van der Waals surface area contributed by atoms with Gasteiger partial charge in [0.15, 0.2) is 0 Å². The van der Waals surface area contributed by atoms with Gasteiger partial charge in [0.1, 0.15) is 14.2 Å². The van der Waals surface area contributed by atoms with Crippen LogP contribution in [-0.2, 0) is 20.0 Å². The number of nitrogens with one attached hydrogen (secondary N) is 1. The van der Waals surface area contributed by atoms with Crippen LogP contribution < -0.4 is 14.8 Å². The van der Waals surface area contributed by atoms with E-state index in [-0.39, 0.29) is 50.9 Å². The van der Waals surface area contributed by atoms with Crippen LogP contribution in [0.5, 0.6) is 5.75 Å². The lowest BCUT2D eigenvalue weighted by atomic mass is 10.2. The SMILES string of the molecule is C#CCNCC1=Cc2cc(S(N)(=O)=O)sc2S(=O)(=O)N1c1cccc(O)c1.Cl. The smallest absolute Gasteiger partial charge is 0.278 e. The maximum absolute atomic E-state index is 13.2. The van der Waals surface area contributed by atoms with E-state index < -0.39 is 20.0 Å². The minimum absolute atomic E-state index is 0. The lowest BCUT2D eigenvalue weighted by molar-refractivity contribution is 0.475. The Bertz CT molecular complexity index is 1180. The van der Waals surface area contributed by atoms with Gasteiger partial charge in [0.25, 0.3) is 10.0 Å². The molecule has 0 radical (unpaired) electrons. The first-order chi connectivity index (χ1) is 12.6. The van der Waals surface area contributed by atoms with E-state index in [0.717, 1.165) is 4.31 Å². The molecule has 12 heteroatoms. The number of nitrogens with two attached hydrogens (primary N) is 1. The molecule has 1 aliphatic heterocycles. The molecular weight excluding hydrogens is 446 g/mol. The fraction of sp³-hybridized carbons (Fsp3) is 0.125. The Balaban J connectivity index is 0.00000280. The van der Waals surface area contributed by atoms with Gasteiger partial charge in [0.2, 0.25) is 10.0 Å². The molecule has 0 saturated heterocycles. The van der Waals surface area contributed by atoms with Crippen LogP contribution >= 0.6 is 23.7 Å². The predicted octanol–water partition coefficient (Wildman–Crippen LogP) is 1.30. The maximum Gasteiger partial charge on any atom is 0.278 e. The van der Waals surface area contributed by atoms with Crippen LogP contribution in [0, 0.1) is 12.3 Å². The van der Waals surface area contributed by atoms with Crippen LogP contribution in [0.2, 0.25) is 0 Å². The number of thiophene rings is 1. The fourth-order valence-corrected chi connectivity index (χ4v) is 6.67. The molecule has 1 aliphatic rings. The number of hydrogen-bond donors (Lipinski definition) is 3. The summed E-state index contributed by atoms with van der Waals surface area (Å²) >= 11 is 0.580. The first-order valence-corrected chi connectivity index (χ1v) is 11.3. The number of phenolic OH excluding ortho intramolecular Hbond substituents is 1. The van der Waals surface area contributed by atoms with Gasteiger partial charge in [0.05, 0.1) is 12.2 Å². The van der Waals surface area contributed by atoms with Crippen molar-refractivity contribution < 1.29 is 21.9 Å². The quantitative estimate of drug-likeness (QED) is 0.454. The molecule has 0 fully saturated rings. The zero-order valence-corrected chi connectivity index (χ0v) is 17.5. The number of halogens is 1. The molecule has 28 heavy (non-hydrogen) atoms. The van der Waals surface area contributed by atoms with Crippen molar-refractivity contribution in [3.63, 3.8) is 0 Å². The van der Waals surface area contributed by atoms with Crippen LogP contribution in [0.3, 0.4) is 0 Å². The van der Waals surface area contributed by atoms with E-state index >= 15 is 0 Å². The van der Waals surface area contributed by atoms with Crippen molar-refractivity contribution in [3.05, 3.63) is 41.6 Å². The molecule has 4 N–H and O–H groups in total. The Labute approximate surface area is 173 Å². The van der Waals surface area contributed by atoms with Crippen LogP contribution in [0.4, 0.5) is 5.69 Å². The Morgan fingerprint density at radius 3 is 2.64 bits per heavy atom. The normalized spacial score (nSPS) is 15.1. The average molecular weight is 462 g/mol. The number of aromatic hydroxyl groups is 1. The fourth-order valence-electron chi connectivity index (χ4n) is 2.59. The zero-order valence-electron chi connectivity index (χ0n) is 14.2. The molecule has 0 spiro atoms. The first kappa shape index (κ1) is 22.2. The van der Waals surface area contributed by atoms with Gasteiger partial charge in [-0.3, -0.25) is 0 Å². The first-order valence-electron chi connectivity index (χ1n) is 7.50. The van der Waals surface area contributed by atoms with Gasteiger partial charge < -0.3 is 10.4 Å². The lowest BCUT2D eigenvalue weighted by Crippen LogP contribution is -2.37. The Kier molecular flexibility index (Phi) is 6.44. The van der Waals surface area contributed by atoms with Gasteiger partial charge in [-0.05, 0) is 24.3 Å². The number of anilines is 1. The second-order valence-corrected chi connectivity index (χ2v) is 10.4. The van der Waals surface area contributed by atoms with Gasteiger partial charge in [-0.1, -0.05) is 12.0 Å². The molecule has 0 amide bonds. The number of sulfonamides is 2. The molecule has 2 aromatic rings. The molecule has 1 aromatic heterocycles. The Hall–Kier alpha value is -2.07. The summed E-state index contributed by atoms with van der Waals surface area (Å²) in [5, 5.41) is 17.8. The van der Waals surface area contributed by atoms with Crippen molar-refractivity contribution in [2.24, 2.45) is 5.14 Å². The van der Waals surface area contributed by atoms with Crippen molar-refractivity contribution in [1.29, 1.82) is 0 Å². The highest BCUT2D eigenvalue weighted by Crippen LogP contribution is 2.41. The average Bonchev–Trinajstić information content (AvgIpc) is 3.00. The molecule has 2 heterocycles. The predicted molar refractivity (Wildman–Crippen MR) is 110 cm³/mol. The molecule has 150 valence electrons. The number of benzene rings is 1. The molecule has 0 aliphatic carbocycles. The summed E-state index contributed by atoms with van der Waals surface area (Å²) < 4.78 is 50.4. The number of rotatable bonds is 5.